The van der Waals surface area contributed by atoms with Crippen LogP contribution in [-0.4, -0.2) is 53.8 Å². The molecule has 42 heavy (non-hydrogen) atoms. The largest absolute Gasteiger partial charge is 0.493 e. The van der Waals surface area contributed by atoms with Crippen LogP contribution in [-0.2, 0) is 14.3 Å². The number of alkyl halides is 2. The van der Waals surface area contributed by atoms with Crippen LogP contribution in [0.1, 0.15) is 73.3 Å². The quantitative estimate of drug-likeness (QED) is 0.292. The zero-order valence-electron chi connectivity index (χ0n) is 23.4. The molecule has 1 aromatic heterocycles. The third-order valence-corrected chi connectivity index (χ3v) is 8.31. The van der Waals surface area contributed by atoms with Crippen LogP contribution in [0.15, 0.2) is 48.5 Å². The van der Waals surface area contributed by atoms with Crippen molar-refractivity contribution in [2.24, 2.45) is 5.92 Å². The number of hydrogen-bond donors (Lipinski definition) is 1. The second-order valence-electron chi connectivity index (χ2n) is 10.6. The number of halogens is 3. The molecule has 2 aromatic carbocycles. The number of piperidine rings is 1. The van der Waals surface area contributed by atoms with Gasteiger partial charge in [-0.1, -0.05) is 23.7 Å². The second kappa shape index (κ2) is 12.7. The number of aliphatic carboxylic acids is 1. The van der Waals surface area contributed by atoms with Crippen LogP contribution in [0.25, 0.3) is 5.69 Å². The first-order valence-electron chi connectivity index (χ1n) is 13.9. The van der Waals surface area contributed by atoms with Crippen LogP contribution >= 0.6 is 11.6 Å². The normalized spacial score (nSPS) is 18.8. The first kappa shape index (κ1) is 29.8. The molecule has 8 nitrogen and oxygen atoms in total. The van der Waals surface area contributed by atoms with Gasteiger partial charge < -0.3 is 28.8 Å². The molecule has 5 rings (SSSR count). The van der Waals surface area contributed by atoms with Crippen molar-refractivity contribution in [1.82, 2.24) is 9.47 Å². The molecule has 2 aliphatic heterocycles. The Morgan fingerprint density at radius 1 is 1.07 bits per heavy atom. The van der Waals surface area contributed by atoms with Gasteiger partial charge in [0.2, 0.25) is 5.91 Å². The molecule has 0 saturated carbocycles. The van der Waals surface area contributed by atoms with Crippen molar-refractivity contribution in [3.63, 3.8) is 0 Å². The topological polar surface area (TPSA) is 90.2 Å². The number of aromatic nitrogens is 1. The van der Waals surface area contributed by atoms with E-state index in [0.29, 0.717) is 65.0 Å². The number of fused-ring (bicyclic) bond motifs is 3. The van der Waals surface area contributed by atoms with Crippen LogP contribution in [0.5, 0.6) is 11.5 Å². The molecule has 0 bridgehead atoms. The van der Waals surface area contributed by atoms with Crippen LogP contribution in [0, 0.1) is 5.92 Å². The standard InChI is InChI=1S/C31H33ClF2N2O6/c1-40-26-5-3-4-20(30(26)41-2)29-21-17-19(32)6-7-22(21)36-23(8-9-24(36)31(33)34)25(42-29)10-11-27(37)35-14-12-18(13-15-35)16-28(38)39/h3-9,17-18,25,29,31H,10-16H2,1-2H3,(H,38,39)/t25-,29-/m1/s1. The molecule has 11 heteroatoms. The van der Waals surface area contributed by atoms with Gasteiger partial charge in [0, 0.05) is 42.1 Å². The average Bonchev–Trinajstić information content (AvgIpc) is 3.37. The van der Waals surface area contributed by atoms with Crippen LogP contribution in [0.4, 0.5) is 8.78 Å². The SMILES string of the molecule is COc1cccc([C@H]2O[C@H](CCC(=O)N3CCC(CC(=O)O)CC3)c3ccc(C(F)F)n3-c3ccc(Cl)cc32)c1OC. The molecule has 1 N–H and O–H groups in total. The summed E-state index contributed by atoms with van der Waals surface area (Å²) in [6.07, 6.45) is -2.52. The number of amides is 1. The Morgan fingerprint density at radius 3 is 2.50 bits per heavy atom. The number of nitrogens with zero attached hydrogens (tertiary/aromatic N) is 2. The molecular weight excluding hydrogens is 570 g/mol. The number of methoxy groups -OCH3 is 2. The molecule has 3 heterocycles. The summed E-state index contributed by atoms with van der Waals surface area (Å²) >= 11 is 6.43. The van der Waals surface area contributed by atoms with Crippen LogP contribution in [0.3, 0.4) is 0 Å². The van der Waals surface area contributed by atoms with Crippen LogP contribution in [0.2, 0.25) is 5.02 Å². The highest BCUT2D eigenvalue weighted by atomic mass is 35.5. The number of benzene rings is 2. The van der Waals surface area contributed by atoms with Gasteiger partial charge in [-0.2, -0.15) is 0 Å². The fourth-order valence-corrected chi connectivity index (χ4v) is 6.22. The minimum absolute atomic E-state index is 0.0525. The van der Waals surface area contributed by atoms with Gasteiger partial charge in [0.15, 0.2) is 11.5 Å². The fourth-order valence-electron chi connectivity index (χ4n) is 6.04. The summed E-state index contributed by atoms with van der Waals surface area (Å²) < 4.78 is 48.1. The summed E-state index contributed by atoms with van der Waals surface area (Å²) in [4.78, 5) is 26.1. The van der Waals surface area contributed by atoms with Gasteiger partial charge >= 0.3 is 5.97 Å². The Labute approximate surface area is 247 Å². The molecule has 1 saturated heterocycles. The van der Waals surface area contributed by atoms with E-state index >= 15 is 0 Å². The van der Waals surface area contributed by atoms with E-state index in [0.717, 1.165) is 0 Å². The van der Waals surface area contributed by atoms with E-state index in [1.165, 1.54) is 24.9 Å². The van der Waals surface area contributed by atoms with Crippen molar-refractivity contribution in [2.45, 2.75) is 50.7 Å². The first-order chi connectivity index (χ1) is 20.2. The Kier molecular flexibility index (Phi) is 9.03. The maximum absolute atomic E-state index is 14.3. The van der Waals surface area contributed by atoms with Gasteiger partial charge in [-0.3, -0.25) is 9.59 Å². The molecule has 1 amide bonds. The molecule has 224 valence electrons. The van der Waals surface area contributed by atoms with E-state index in [9.17, 15) is 18.4 Å². The van der Waals surface area contributed by atoms with Gasteiger partial charge in [0.1, 0.15) is 6.10 Å². The number of carbonyl (C=O) groups is 2. The molecule has 0 radical (unpaired) electrons. The van der Waals surface area contributed by atoms with E-state index in [-0.39, 0.29) is 36.8 Å². The monoisotopic (exact) mass is 602 g/mol. The van der Waals surface area contributed by atoms with E-state index in [2.05, 4.69) is 0 Å². The predicted molar refractivity (Wildman–Crippen MR) is 152 cm³/mol. The van der Waals surface area contributed by atoms with Crippen LogP contribution < -0.4 is 9.47 Å². The lowest BCUT2D eigenvalue weighted by molar-refractivity contribution is -0.138. The molecular formula is C31H33ClF2N2O6. The third kappa shape index (κ3) is 5.96. The Bertz CT molecular complexity index is 1450. The van der Waals surface area contributed by atoms with Gasteiger partial charge in [-0.25, -0.2) is 8.78 Å². The Hall–Kier alpha value is -3.63. The maximum Gasteiger partial charge on any atom is 0.303 e. The third-order valence-electron chi connectivity index (χ3n) is 8.07. The van der Waals surface area contributed by atoms with E-state index < -0.39 is 24.6 Å². The lowest BCUT2D eigenvalue weighted by Gasteiger charge is -2.32. The molecule has 0 aliphatic carbocycles. The van der Waals surface area contributed by atoms with Crippen molar-refractivity contribution < 1.29 is 37.7 Å². The molecule has 1 fully saturated rings. The number of ether oxygens (including phenoxy) is 3. The number of likely N-dealkylation sites (tertiary alicyclic amines) is 1. The summed E-state index contributed by atoms with van der Waals surface area (Å²) in [5.74, 6) is 0.0607. The summed E-state index contributed by atoms with van der Waals surface area (Å²) in [6.45, 7) is 0.976. The highest BCUT2D eigenvalue weighted by Gasteiger charge is 2.36. The van der Waals surface area contributed by atoms with Crippen molar-refractivity contribution in [3.8, 4) is 17.2 Å². The molecule has 2 aliphatic rings. The number of carboxylic acids is 1. The minimum Gasteiger partial charge on any atom is -0.493 e. The zero-order chi connectivity index (χ0) is 30.0. The van der Waals surface area contributed by atoms with Gasteiger partial charge in [-0.15, -0.1) is 0 Å². The summed E-state index contributed by atoms with van der Waals surface area (Å²) in [6, 6.07) is 13.4. The van der Waals surface area contributed by atoms with Crippen molar-refractivity contribution >= 4 is 23.5 Å². The number of para-hydroxylation sites is 1. The number of hydrogen-bond acceptors (Lipinski definition) is 5. The number of carbonyl (C=O) groups excluding carboxylic acids is 1. The smallest absolute Gasteiger partial charge is 0.303 e. The molecule has 2 atom stereocenters. The second-order valence-corrected chi connectivity index (χ2v) is 11.0. The lowest BCUT2D eigenvalue weighted by Crippen LogP contribution is -2.39. The molecule has 3 aromatic rings. The summed E-state index contributed by atoms with van der Waals surface area (Å²) in [7, 11) is 3.05. The van der Waals surface area contributed by atoms with Crippen molar-refractivity contribution in [1.29, 1.82) is 0 Å². The molecule has 0 spiro atoms. The van der Waals surface area contributed by atoms with E-state index in [4.69, 9.17) is 30.9 Å². The van der Waals surface area contributed by atoms with E-state index in [1.807, 2.05) is 6.07 Å². The summed E-state index contributed by atoms with van der Waals surface area (Å²) in [5.41, 5.74) is 2.02. The van der Waals surface area contributed by atoms with Gasteiger partial charge in [-0.05, 0) is 61.6 Å². The molecule has 0 unspecified atom stereocenters. The highest BCUT2D eigenvalue weighted by Crippen LogP contribution is 2.48. The fraction of sp³-hybridized carbons (Fsp3) is 0.419. The number of rotatable bonds is 9. The summed E-state index contributed by atoms with van der Waals surface area (Å²) in [5, 5.41) is 9.50. The lowest BCUT2D eigenvalue weighted by atomic mass is 9.93. The van der Waals surface area contributed by atoms with Crippen molar-refractivity contribution in [3.05, 3.63) is 76.1 Å². The minimum atomic E-state index is -2.75. The Balaban J connectivity index is 1.50. The van der Waals surface area contributed by atoms with Crippen molar-refractivity contribution in [2.75, 3.05) is 27.3 Å². The number of carboxylic acid groups (broad SMARTS) is 1. The first-order valence-corrected chi connectivity index (χ1v) is 14.2. The Morgan fingerprint density at radius 2 is 1.83 bits per heavy atom. The van der Waals surface area contributed by atoms with E-state index in [1.54, 1.807) is 41.3 Å². The average molecular weight is 603 g/mol. The maximum atomic E-state index is 14.3. The highest BCUT2D eigenvalue weighted by molar-refractivity contribution is 6.30. The van der Waals surface area contributed by atoms with Gasteiger partial charge in [0.25, 0.3) is 6.43 Å². The zero-order valence-corrected chi connectivity index (χ0v) is 24.2. The van der Waals surface area contributed by atoms with Gasteiger partial charge in [0.05, 0.1) is 37.4 Å². The predicted octanol–water partition coefficient (Wildman–Crippen LogP) is 6.74.